The van der Waals surface area contributed by atoms with Crippen LogP contribution in [0.2, 0.25) is 0 Å². The molecule has 1 aromatic carbocycles. The predicted molar refractivity (Wildman–Crippen MR) is 147 cm³/mol. The number of nitrogens with zero attached hydrogens (tertiary/aromatic N) is 3. The van der Waals surface area contributed by atoms with Crippen LogP contribution in [0.25, 0.3) is 6.08 Å². The Morgan fingerprint density at radius 2 is 2.05 bits per heavy atom. The van der Waals surface area contributed by atoms with E-state index in [1.165, 1.54) is 18.4 Å². The molecule has 2 aromatic rings. The molecule has 2 amide bonds. The van der Waals surface area contributed by atoms with Crippen molar-refractivity contribution in [1.29, 1.82) is 0 Å². The van der Waals surface area contributed by atoms with E-state index in [1.54, 1.807) is 9.80 Å². The lowest BCUT2D eigenvalue weighted by Crippen LogP contribution is -2.50. The Morgan fingerprint density at radius 3 is 2.87 bits per heavy atom. The van der Waals surface area contributed by atoms with Gasteiger partial charge in [-0.3, -0.25) is 9.69 Å². The largest absolute Gasteiger partial charge is 0.467 e. The lowest BCUT2D eigenvalue weighted by Gasteiger charge is -2.30. The van der Waals surface area contributed by atoms with Gasteiger partial charge in [0, 0.05) is 18.3 Å². The number of amides is 2. The Morgan fingerprint density at radius 1 is 1.21 bits per heavy atom. The topological polar surface area (TPSA) is 101 Å². The van der Waals surface area contributed by atoms with Gasteiger partial charge in [-0.1, -0.05) is 43.2 Å². The lowest BCUT2D eigenvalue weighted by atomic mass is 9.96. The van der Waals surface area contributed by atoms with Crippen molar-refractivity contribution in [2.75, 3.05) is 19.0 Å². The second kappa shape index (κ2) is 11.0. The molecule has 9 nitrogen and oxygen atoms in total. The van der Waals surface area contributed by atoms with Crippen molar-refractivity contribution in [2.24, 2.45) is 5.92 Å². The molecule has 1 saturated heterocycles. The molecule has 0 unspecified atom stereocenters. The average Bonchev–Trinajstić information content (AvgIpc) is 3.75. The number of carbonyl (C=O) groups is 3. The summed E-state index contributed by atoms with van der Waals surface area (Å²) in [6.07, 6.45) is 9.14. The molecule has 0 spiro atoms. The summed E-state index contributed by atoms with van der Waals surface area (Å²) in [4.78, 5) is 48.1. The van der Waals surface area contributed by atoms with Gasteiger partial charge in [-0.05, 0) is 48.3 Å². The molecule has 39 heavy (non-hydrogen) atoms. The summed E-state index contributed by atoms with van der Waals surface area (Å²) >= 11 is 1.51. The quantitative estimate of drug-likeness (QED) is 0.554. The van der Waals surface area contributed by atoms with E-state index in [9.17, 15) is 14.4 Å². The number of hydrogen-bond donors (Lipinski definition) is 1. The third kappa shape index (κ3) is 5.26. The molecule has 4 heterocycles. The second-order valence-corrected chi connectivity index (χ2v) is 11.7. The van der Waals surface area contributed by atoms with Crippen LogP contribution in [0, 0.1) is 5.92 Å². The molecule has 4 aliphatic rings. The van der Waals surface area contributed by atoms with Crippen molar-refractivity contribution in [3.05, 3.63) is 52.0 Å². The van der Waals surface area contributed by atoms with Gasteiger partial charge in [0.2, 0.25) is 5.91 Å². The van der Waals surface area contributed by atoms with Gasteiger partial charge in [-0.2, -0.15) is 0 Å². The summed E-state index contributed by atoms with van der Waals surface area (Å²) in [6, 6.07) is 4.83. The molecule has 2 fully saturated rings. The highest BCUT2D eigenvalue weighted by Crippen LogP contribution is 2.34. The predicted octanol–water partition coefficient (Wildman–Crippen LogP) is 4.37. The second-order valence-electron chi connectivity index (χ2n) is 10.9. The zero-order valence-electron chi connectivity index (χ0n) is 22.1. The molecule has 1 aliphatic carbocycles. The molecule has 3 aliphatic heterocycles. The maximum absolute atomic E-state index is 14.1. The van der Waals surface area contributed by atoms with Crippen molar-refractivity contribution in [3.8, 4) is 0 Å². The Kier molecular flexibility index (Phi) is 7.29. The van der Waals surface area contributed by atoms with Crippen LogP contribution in [-0.2, 0) is 38.6 Å². The van der Waals surface area contributed by atoms with Crippen LogP contribution in [0.5, 0.6) is 0 Å². The van der Waals surface area contributed by atoms with E-state index in [4.69, 9.17) is 14.5 Å². The standard InChI is InChI=1S/C29H34N4O5S/c1-37-27(35)24-13-22-15-33(24)26(34)25(19-8-2-3-9-19)31-28-30-21(17-39-28)12-5-4-7-18-10-6-11-20-14-32(16-23(18)20)29(36)38-22/h4,6-7,10-11,17,19,22,24-25H,2-3,5,8-9,12-16H2,1H3,(H,30,31)/b7-4+/t22-,24+,25+/m1/s1. The Labute approximate surface area is 232 Å². The number of hydrogen-bond acceptors (Lipinski definition) is 8. The first kappa shape index (κ1) is 25.9. The number of aryl methyl sites for hydroxylation is 1. The fourth-order valence-corrected chi connectivity index (χ4v) is 7.13. The van der Waals surface area contributed by atoms with Gasteiger partial charge in [-0.25, -0.2) is 14.6 Å². The highest BCUT2D eigenvalue weighted by molar-refractivity contribution is 7.13. The average molecular weight is 551 g/mol. The van der Waals surface area contributed by atoms with E-state index in [2.05, 4.69) is 23.5 Å². The summed E-state index contributed by atoms with van der Waals surface area (Å²) in [5.41, 5.74) is 4.32. The molecule has 10 heteroatoms. The van der Waals surface area contributed by atoms with Gasteiger partial charge >= 0.3 is 12.1 Å². The first-order chi connectivity index (χ1) is 19.0. The maximum Gasteiger partial charge on any atom is 0.410 e. The van der Waals surface area contributed by atoms with Crippen LogP contribution >= 0.6 is 11.3 Å². The van der Waals surface area contributed by atoms with Gasteiger partial charge in [0.25, 0.3) is 0 Å². The Bertz CT molecular complexity index is 1290. The smallest absolute Gasteiger partial charge is 0.410 e. The summed E-state index contributed by atoms with van der Waals surface area (Å²) in [7, 11) is 1.33. The number of esters is 1. The van der Waals surface area contributed by atoms with Gasteiger partial charge in [-0.15, -0.1) is 11.3 Å². The summed E-state index contributed by atoms with van der Waals surface area (Å²) < 4.78 is 11.0. The fraction of sp³-hybridized carbons (Fsp3) is 0.517. The molecular formula is C29H34N4O5S. The third-order valence-electron chi connectivity index (χ3n) is 8.40. The molecule has 6 rings (SSSR count). The van der Waals surface area contributed by atoms with Crippen molar-refractivity contribution < 1.29 is 23.9 Å². The number of aromatic nitrogens is 1. The van der Waals surface area contributed by atoms with Gasteiger partial charge < -0.3 is 19.7 Å². The molecule has 0 radical (unpaired) electrons. The number of carbonyl (C=O) groups excluding carboxylic acids is 3. The molecule has 1 aromatic heterocycles. The molecule has 6 bridgehead atoms. The van der Waals surface area contributed by atoms with Crippen LogP contribution < -0.4 is 5.32 Å². The van der Waals surface area contributed by atoms with Crippen molar-refractivity contribution >= 4 is 40.5 Å². The first-order valence-corrected chi connectivity index (χ1v) is 14.7. The first-order valence-electron chi connectivity index (χ1n) is 13.8. The molecule has 206 valence electrons. The number of methoxy groups -OCH3 is 1. The van der Waals surface area contributed by atoms with Crippen LogP contribution in [0.3, 0.4) is 0 Å². The van der Waals surface area contributed by atoms with Gasteiger partial charge in [0.05, 0.1) is 25.9 Å². The molecule has 1 N–H and O–H groups in total. The highest BCUT2D eigenvalue weighted by Gasteiger charge is 2.46. The van der Waals surface area contributed by atoms with Crippen molar-refractivity contribution in [1.82, 2.24) is 14.8 Å². The number of allylic oxidation sites excluding steroid dienone is 1. The van der Waals surface area contributed by atoms with Gasteiger partial charge in [0.15, 0.2) is 5.13 Å². The van der Waals surface area contributed by atoms with E-state index in [0.717, 1.165) is 60.9 Å². The molecule has 3 atom stereocenters. The van der Waals surface area contributed by atoms with Crippen LogP contribution in [0.4, 0.5) is 9.93 Å². The summed E-state index contributed by atoms with van der Waals surface area (Å²) in [6.45, 7) is 1.10. The Hall–Kier alpha value is -3.40. The zero-order chi connectivity index (χ0) is 26.9. The summed E-state index contributed by atoms with van der Waals surface area (Å²) in [5, 5.41) is 6.20. The number of thiazole rings is 1. The number of anilines is 1. The van der Waals surface area contributed by atoms with E-state index in [0.29, 0.717) is 18.2 Å². The highest BCUT2D eigenvalue weighted by atomic mass is 32.1. The minimum Gasteiger partial charge on any atom is -0.467 e. The van der Waals surface area contributed by atoms with Crippen molar-refractivity contribution in [2.45, 2.75) is 76.2 Å². The number of ether oxygens (including phenoxy) is 2. The maximum atomic E-state index is 14.1. The van der Waals surface area contributed by atoms with E-state index in [1.807, 2.05) is 17.5 Å². The lowest BCUT2D eigenvalue weighted by molar-refractivity contribution is -0.151. The van der Waals surface area contributed by atoms with Crippen LogP contribution in [0.1, 0.15) is 60.9 Å². The minimum atomic E-state index is -0.795. The van der Waals surface area contributed by atoms with E-state index >= 15 is 0 Å². The van der Waals surface area contributed by atoms with Crippen molar-refractivity contribution in [3.63, 3.8) is 0 Å². The number of nitrogens with one attached hydrogen (secondary N) is 1. The molecule has 1 saturated carbocycles. The summed E-state index contributed by atoms with van der Waals surface area (Å²) in [5.74, 6) is -0.500. The number of rotatable bonds is 2. The third-order valence-corrected chi connectivity index (χ3v) is 9.22. The van der Waals surface area contributed by atoms with Crippen LogP contribution in [0.15, 0.2) is 29.7 Å². The van der Waals surface area contributed by atoms with Crippen LogP contribution in [-0.4, -0.2) is 64.6 Å². The monoisotopic (exact) mass is 550 g/mol. The van der Waals surface area contributed by atoms with E-state index in [-0.39, 0.29) is 24.8 Å². The minimum absolute atomic E-state index is 0.151. The van der Waals surface area contributed by atoms with Gasteiger partial charge in [0.1, 0.15) is 18.2 Å². The van der Waals surface area contributed by atoms with E-state index < -0.39 is 30.3 Å². The normalized spacial score (nSPS) is 26.4. The Balaban J connectivity index is 1.32. The number of benzene rings is 1. The SMILES string of the molecule is COC(=O)[C@@H]1C[C@@H]2CN1C(=O)[C@H](C1CCCC1)Nc1nc(cs1)CC/C=C/c1cccc3c1CN(C3)C(=O)O2. The zero-order valence-corrected chi connectivity index (χ0v) is 23.0. The fourth-order valence-electron chi connectivity index (χ4n) is 6.35. The molecular weight excluding hydrogens is 516 g/mol. The number of fused-ring (bicyclic) bond motifs is 5.